The van der Waals surface area contributed by atoms with Gasteiger partial charge in [-0.15, -0.1) is 0 Å². The molecule has 0 saturated heterocycles. The van der Waals surface area contributed by atoms with E-state index in [4.69, 9.17) is 18.5 Å². The normalized spacial score (nSPS) is 13.8. The largest absolute Gasteiger partial charge is 0.756 e. The Hall–Kier alpha value is -3.33. The lowest BCUT2D eigenvalue weighted by atomic mass is 10.0. The SMILES string of the molecule is CC/C=C\C/C=C\C/C=C\C/C=C\C/C=C\CCCCCCCCCCCCCCCCCCCCCCCC(=O)OC(COC(=O)CCCCCCCCCCCCCCCC/C=C\C/C=C\C/C=C\C/C=C\CC)COP(=O)([O-])OCC[N+](C)(C)C. The fraction of sp³-hybridized carbons (Fsp3) is 0.744. The van der Waals surface area contributed by atoms with Crippen molar-refractivity contribution < 1.29 is 42.1 Å². The number of phosphoric acid groups is 1. The number of quaternary nitrogens is 1. The summed E-state index contributed by atoms with van der Waals surface area (Å²) in [5, 5.41) is 0. The average molecular weight is 1250 g/mol. The number of nitrogens with zero attached hydrogens (tertiary/aromatic N) is 1. The number of ether oxygens (including phenoxy) is 2. The maximum absolute atomic E-state index is 12.9. The van der Waals surface area contributed by atoms with Gasteiger partial charge in [0.05, 0.1) is 27.7 Å². The van der Waals surface area contributed by atoms with Crippen molar-refractivity contribution in [3.63, 3.8) is 0 Å². The Morgan fingerprint density at radius 1 is 0.352 bits per heavy atom. The summed E-state index contributed by atoms with van der Waals surface area (Å²) < 4.78 is 34.4. The topological polar surface area (TPSA) is 111 Å². The van der Waals surface area contributed by atoms with E-state index in [0.29, 0.717) is 17.4 Å². The molecule has 0 aromatic rings. The van der Waals surface area contributed by atoms with E-state index in [1.807, 2.05) is 21.1 Å². The molecule has 88 heavy (non-hydrogen) atoms. The molecule has 10 heteroatoms. The molecule has 508 valence electrons. The lowest BCUT2D eigenvalue weighted by molar-refractivity contribution is -0.870. The third-order valence-corrected chi connectivity index (χ3v) is 16.8. The van der Waals surface area contributed by atoms with Crippen molar-refractivity contribution in [2.75, 3.05) is 47.5 Å². The Labute approximate surface area is 544 Å². The van der Waals surface area contributed by atoms with Crippen LogP contribution >= 0.6 is 7.82 Å². The molecule has 0 heterocycles. The highest BCUT2D eigenvalue weighted by Crippen LogP contribution is 2.38. The second kappa shape index (κ2) is 68.0. The molecule has 0 aliphatic heterocycles. The molecular formula is C78H138NO8P. The highest BCUT2D eigenvalue weighted by molar-refractivity contribution is 7.45. The Morgan fingerprint density at radius 2 is 0.614 bits per heavy atom. The lowest BCUT2D eigenvalue weighted by Crippen LogP contribution is -2.37. The van der Waals surface area contributed by atoms with E-state index in [9.17, 15) is 19.0 Å². The summed E-state index contributed by atoms with van der Waals surface area (Å²) in [6, 6.07) is 0. The Balaban J connectivity index is 3.98. The van der Waals surface area contributed by atoms with Gasteiger partial charge in [-0.1, -0.05) is 322 Å². The van der Waals surface area contributed by atoms with Gasteiger partial charge in [-0.2, -0.15) is 0 Å². The minimum atomic E-state index is -4.65. The first-order valence-electron chi connectivity index (χ1n) is 36.6. The van der Waals surface area contributed by atoms with E-state index < -0.39 is 26.5 Å². The Bertz CT molecular complexity index is 1850. The summed E-state index contributed by atoms with van der Waals surface area (Å²) in [7, 11) is 1.17. The number of carbonyl (C=O) groups excluding carboxylic acids is 2. The van der Waals surface area contributed by atoms with Gasteiger partial charge < -0.3 is 27.9 Å². The Kier molecular flexibility index (Phi) is 65.5. The summed E-state index contributed by atoms with van der Waals surface area (Å²) in [6.45, 7) is 4.05. The average Bonchev–Trinajstić information content (AvgIpc) is 3.68. The van der Waals surface area contributed by atoms with Crippen LogP contribution in [0.2, 0.25) is 0 Å². The summed E-state index contributed by atoms with van der Waals surface area (Å²) in [5.41, 5.74) is 0. The van der Waals surface area contributed by atoms with Crippen molar-refractivity contribution in [3.05, 3.63) is 109 Å². The van der Waals surface area contributed by atoms with Gasteiger partial charge in [0, 0.05) is 12.8 Å². The molecule has 9 nitrogen and oxygen atoms in total. The zero-order chi connectivity index (χ0) is 64.1. The van der Waals surface area contributed by atoms with Gasteiger partial charge in [0.15, 0.2) is 6.10 Å². The molecule has 0 radical (unpaired) electrons. The molecule has 0 fully saturated rings. The standard InChI is InChI=1S/C78H138NO8P/c1-6-8-10-12-14-16-18-20-22-24-26-28-30-32-34-35-36-37-38-39-40-41-42-43-45-47-49-51-53-55-57-59-61-63-65-67-69-71-78(81)87-76(75-86-88(82,83)85-73-72-79(3,4)5)74-84-77(80)70-68-66-64-62-60-58-56-54-52-50-48-46-44-33-31-29-27-25-23-21-19-17-15-13-11-9-7-2/h8-11,14-17,20-23,26-29,32,34,76H,6-7,12-13,18-19,24-25,30-31,33,35-75H2,1-5H3/b10-8-,11-9-,16-14-,17-15-,22-20-,23-21-,28-26-,29-27-,34-32-. The minimum absolute atomic E-state index is 0.0325. The van der Waals surface area contributed by atoms with Gasteiger partial charge in [-0.3, -0.25) is 14.2 Å². The predicted molar refractivity (Wildman–Crippen MR) is 378 cm³/mol. The number of carbonyl (C=O) groups is 2. The van der Waals surface area contributed by atoms with E-state index in [0.717, 1.165) is 96.3 Å². The van der Waals surface area contributed by atoms with Crippen molar-refractivity contribution in [1.82, 2.24) is 0 Å². The molecule has 0 bridgehead atoms. The van der Waals surface area contributed by atoms with E-state index in [-0.39, 0.29) is 32.0 Å². The van der Waals surface area contributed by atoms with Crippen LogP contribution in [-0.4, -0.2) is 70.0 Å². The molecule has 0 aliphatic carbocycles. The molecule has 0 aliphatic rings. The molecular weight excluding hydrogens is 1110 g/mol. The summed E-state index contributed by atoms with van der Waals surface area (Å²) in [6.07, 6.45) is 96.1. The molecule has 0 aromatic carbocycles. The van der Waals surface area contributed by atoms with Crippen LogP contribution in [0.1, 0.15) is 322 Å². The van der Waals surface area contributed by atoms with Crippen LogP contribution in [0.15, 0.2) is 109 Å². The van der Waals surface area contributed by atoms with Crippen molar-refractivity contribution >= 4 is 19.8 Å². The highest BCUT2D eigenvalue weighted by atomic mass is 31.2. The second-order valence-corrected chi connectivity index (χ2v) is 27.0. The fourth-order valence-electron chi connectivity index (χ4n) is 10.3. The van der Waals surface area contributed by atoms with Crippen LogP contribution in [-0.2, 0) is 32.7 Å². The van der Waals surface area contributed by atoms with Crippen molar-refractivity contribution in [2.45, 2.75) is 328 Å². The molecule has 2 atom stereocenters. The quantitative estimate of drug-likeness (QED) is 0.0195. The fourth-order valence-corrected chi connectivity index (χ4v) is 11.0. The maximum atomic E-state index is 12.9. The van der Waals surface area contributed by atoms with Crippen LogP contribution in [0.5, 0.6) is 0 Å². The van der Waals surface area contributed by atoms with Crippen LogP contribution in [0.4, 0.5) is 0 Å². The van der Waals surface area contributed by atoms with Gasteiger partial charge in [0.2, 0.25) is 0 Å². The number of phosphoric ester groups is 1. The number of hydrogen-bond donors (Lipinski definition) is 0. The maximum Gasteiger partial charge on any atom is 0.306 e. The van der Waals surface area contributed by atoms with Gasteiger partial charge in [0.25, 0.3) is 7.82 Å². The molecule has 0 N–H and O–H groups in total. The number of unbranched alkanes of at least 4 members (excludes halogenated alkanes) is 35. The van der Waals surface area contributed by atoms with Crippen LogP contribution in [0.3, 0.4) is 0 Å². The van der Waals surface area contributed by atoms with Crippen LogP contribution < -0.4 is 4.89 Å². The lowest BCUT2D eigenvalue weighted by Gasteiger charge is -2.28. The summed E-state index contributed by atoms with van der Waals surface area (Å²) in [5.74, 6) is -0.823. The van der Waals surface area contributed by atoms with Crippen molar-refractivity contribution in [3.8, 4) is 0 Å². The third-order valence-electron chi connectivity index (χ3n) is 15.8. The monoisotopic (exact) mass is 1250 g/mol. The first-order valence-corrected chi connectivity index (χ1v) is 38.1. The van der Waals surface area contributed by atoms with Crippen molar-refractivity contribution in [1.29, 1.82) is 0 Å². The van der Waals surface area contributed by atoms with Gasteiger partial charge >= 0.3 is 11.9 Å². The van der Waals surface area contributed by atoms with E-state index in [1.54, 1.807) is 0 Å². The molecule has 0 aromatic heterocycles. The molecule has 0 saturated carbocycles. The molecule has 2 unspecified atom stereocenters. The zero-order valence-corrected chi connectivity index (χ0v) is 58.8. The number of allylic oxidation sites excluding steroid dienone is 18. The van der Waals surface area contributed by atoms with Crippen LogP contribution in [0.25, 0.3) is 0 Å². The smallest absolute Gasteiger partial charge is 0.306 e. The third kappa shape index (κ3) is 71.7. The van der Waals surface area contributed by atoms with Crippen LogP contribution in [0, 0.1) is 0 Å². The number of hydrogen-bond acceptors (Lipinski definition) is 8. The van der Waals surface area contributed by atoms with Gasteiger partial charge in [0.1, 0.15) is 19.8 Å². The number of rotatable bonds is 67. The number of esters is 2. The van der Waals surface area contributed by atoms with E-state index >= 15 is 0 Å². The molecule has 0 rings (SSSR count). The van der Waals surface area contributed by atoms with Gasteiger partial charge in [-0.05, 0) is 96.3 Å². The highest BCUT2D eigenvalue weighted by Gasteiger charge is 2.22. The summed E-state index contributed by atoms with van der Waals surface area (Å²) >= 11 is 0. The molecule has 0 amide bonds. The zero-order valence-electron chi connectivity index (χ0n) is 57.9. The summed E-state index contributed by atoms with van der Waals surface area (Å²) in [4.78, 5) is 38.1. The molecule has 0 spiro atoms. The number of likely N-dealkylation sites (N-methyl/N-ethyl adjacent to an activating group) is 1. The first kappa shape index (κ1) is 84.7. The van der Waals surface area contributed by atoms with E-state index in [1.165, 1.54) is 193 Å². The Morgan fingerprint density at radius 3 is 0.909 bits per heavy atom. The van der Waals surface area contributed by atoms with E-state index in [2.05, 4.69) is 123 Å². The van der Waals surface area contributed by atoms with Crippen molar-refractivity contribution in [2.24, 2.45) is 0 Å². The minimum Gasteiger partial charge on any atom is -0.756 e. The second-order valence-electron chi connectivity index (χ2n) is 25.5. The van der Waals surface area contributed by atoms with Gasteiger partial charge in [-0.25, -0.2) is 0 Å². The predicted octanol–water partition coefficient (Wildman–Crippen LogP) is 23.4. The first-order chi connectivity index (χ1) is 43.0.